The maximum Gasteiger partial charge on any atom is 0.221 e. The Balaban J connectivity index is 1.43. The zero-order valence-corrected chi connectivity index (χ0v) is 14.4. The number of hydrogen-bond acceptors (Lipinski definition) is 4. The van der Waals surface area contributed by atoms with Crippen LogP contribution < -0.4 is 9.64 Å². The molecule has 2 aromatic rings. The van der Waals surface area contributed by atoms with Gasteiger partial charge in [0.1, 0.15) is 17.4 Å². The summed E-state index contributed by atoms with van der Waals surface area (Å²) in [7, 11) is 0. The number of ether oxygens (including phenoxy) is 1. The van der Waals surface area contributed by atoms with Crippen molar-refractivity contribution in [3.05, 3.63) is 48.3 Å². The molecule has 1 aromatic carbocycles. The van der Waals surface area contributed by atoms with Gasteiger partial charge in [-0.05, 0) is 37.5 Å². The largest absolute Gasteiger partial charge is 0.439 e. The van der Waals surface area contributed by atoms with Crippen molar-refractivity contribution in [1.29, 1.82) is 0 Å². The first-order valence-electron chi connectivity index (χ1n) is 9.17. The smallest absolute Gasteiger partial charge is 0.221 e. The molecule has 0 atom stereocenters. The second-order valence-corrected chi connectivity index (χ2v) is 6.85. The molecule has 0 bridgehead atoms. The molecule has 0 N–H and O–H groups in total. The maximum absolute atomic E-state index is 13.3. The molecule has 4 rings (SSSR count). The Labute approximate surface area is 148 Å². The number of pyridine rings is 1. The first-order valence-corrected chi connectivity index (χ1v) is 9.17. The molecule has 1 aliphatic carbocycles. The lowest BCUT2D eigenvalue weighted by atomic mass is 9.91. The maximum atomic E-state index is 13.3. The molecular weight excluding hydrogens is 317 g/mol. The summed E-state index contributed by atoms with van der Waals surface area (Å²) >= 11 is 0. The topological polar surface area (TPSA) is 28.6 Å². The quantitative estimate of drug-likeness (QED) is 0.838. The van der Waals surface area contributed by atoms with Crippen molar-refractivity contribution < 1.29 is 9.13 Å². The highest BCUT2D eigenvalue weighted by Crippen LogP contribution is 2.27. The monoisotopic (exact) mass is 341 g/mol. The number of halogens is 1. The second kappa shape index (κ2) is 7.40. The number of hydrogen-bond donors (Lipinski definition) is 0. The summed E-state index contributed by atoms with van der Waals surface area (Å²) < 4.78 is 19.0. The predicted octanol–water partition coefficient (Wildman–Crippen LogP) is 4.08. The molecule has 1 saturated heterocycles. The molecule has 4 nitrogen and oxygen atoms in total. The summed E-state index contributed by atoms with van der Waals surface area (Å²) in [5.41, 5.74) is 0. The summed E-state index contributed by atoms with van der Waals surface area (Å²) in [6.45, 7) is 4.29. The van der Waals surface area contributed by atoms with E-state index in [0.717, 1.165) is 37.9 Å². The molecule has 1 aliphatic heterocycles. The number of aromatic nitrogens is 1. The highest BCUT2D eigenvalue weighted by atomic mass is 19.1. The Bertz CT molecular complexity index is 720. The Morgan fingerprint density at radius 3 is 2.64 bits per heavy atom. The van der Waals surface area contributed by atoms with Crippen LogP contribution in [0, 0.1) is 5.82 Å². The van der Waals surface area contributed by atoms with Crippen LogP contribution in [0.15, 0.2) is 42.5 Å². The van der Waals surface area contributed by atoms with Gasteiger partial charge in [-0.3, -0.25) is 4.90 Å². The van der Waals surface area contributed by atoms with Gasteiger partial charge < -0.3 is 9.64 Å². The van der Waals surface area contributed by atoms with Crippen LogP contribution >= 0.6 is 0 Å². The van der Waals surface area contributed by atoms with E-state index in [1.807, 2.05) is 18.2 Å². The second-order valence-electron chi connectivity index (χ2n) is 6.85. The van der Waals surface area contributed by atoms with Crippen LogP contribution in [0.3, 0.4) is 0 Å². The normalized spacial score (nSPS) is 19.3. The van der Waals surface area contributed by atoms with E-state index in [4.69, 9.17) is 4.74 Å². The van der Waals surface area contributed by atoms with Crippen LogP contribution in [-0.2, 0) is 0 Å². The van der Waals surface area contributed by atoms with Crippen LogP contribution in [0.5, 0.6) is 11.6 Å². The Kier molecular flexibility index (Phi) is 4.83. The van der Waals surface area contributed by atoms with Crippen LogP contribution in [0.4, 0.5) is 10.2 Å². The van der Waals surface area contributed by atoms with E-state index < -0.39 is 0 Å². The van der Waals surface area contributed by atoms with Crippen molar-refractivity contribution in [3.8, 4) is 11.6 Å². The molecule has 132 valence electrons. The van der Waals surface area contributed by atoms with Crippen LogP contribution in [-0.4, -0.2) is 42.1 Å². The molecule has 25 heavy (non-hydrogen) atoms. The van der Waals surface area contributed by atoms with Crippen molar-refractivity contribution in [2.24, 2.45) is 0 Å². The molecule has 5 heteroatoms. The van der Waals surface area contributed by atoms with Gasteiger partial charge in [-0.2, -0.15) is 4.98 Å². The minimum Gasteiger partial charge on any atom is -0.439 e. The molecular formula is C20H24FN3O. The van der Waals surface area contributed by atoms with E-state index in [0.29, 0.717) is 11.6 Å². The van der Waals surface area contributed by atoms with Crippen molar-refractivity contribution in [2.75, 3.05) is 31.1 Å². The van der Waals surface area contributed by atoms with Gasteiger partial charge in [-0.1, -0.05) is 18.6 Å². The van der Waals surface area contributed by atoms with Gasteiger partial charge in [0.25, 0.3) is 0 Å². The third-order valence-corrected chi connectivity index (χ3v) is 5.17. The van der Waals surface area contributed by atoms with Gasteiger partial charge in [0.05, 0.1) is 0 Å². The van der Waals surface area contributed by atoms with Gasteiger partial charge in [0.15, 0.2) is 0 Å². The van der Waals surface area contributed by atoms with Crippen molar-refractivity contribution in [2.45, 2.75) is 31.7 Å². The average molecular weight is 341 g/mol. The van der Waals surface area contributed by atoms with Gasteiger partial charge in [-0.15, -0.1) is 0 Å². The zero-order valence-electron chi connectivity index (χ0n) is 14.4. The van der Waals surface area contributed by atoms with Gasteiger partial charge in [0.2, 0.25) is 5.88 Å². The lowest BCUT2D eigenvalue weighted by molar-refractivity contribution is 0.136. The van der Waals surface area contributed by atoms with Crippen molar-refractivity contribution in [1.82, 2.24) is 9.88 Å². The summed E-state index contributed by atoms with van der Waals surface area (Å²) in [6.07, 6.45) is 5.25. The number of rotatable bonds is 4. The van der Waals surface area contributed by atoms with E-state index in [1.54, 1.807) is 12.1 Å². The number of nitrogens with zero attached hydrogens (tertiary/aromatic N) is 3. The van der Waals surface area contributed by atoms with E-state index in [-0.39, 0.29) is 5.82 Å². The third-order valence-electron chi connectivity index (χ3n) is 5.17. The Morgan fingerprint density at radius 2 is 1.84 bits per heavy atom. The molecule has 0 unspecified atom stereocenters. The van der Waals surface area contributed by atoms with E-state index in [2.05, 4.69) is 14.8 Å². The highest BCUT2D eigenvalue weighted by Gasteiger charge is 2.26. The first-order chi connectivity index (χ1) is 12.3. The fourth-order valence-corrected chi connectivity index (χ4v) is 3.57. The molecule has 1 aromatic heterocycles. The van der Waals surface area contributed by atoms with Gasteiger partial charge in [0, 0.05) is 44.4 Å². The van der Waals surface area contributed by atoms with Crippen LogP contribution in [0.2, 0.25) is 0 Å². The SMILES string of the molecule is Fc1cccc(Oc2cccc(N3CCCN(C4CCC4)CC3)n2)c1. The summed E-state index contributed by atoms with van der Waals surface area (Å²) in [5.74, 6) is 1.60. The molecule has 2 fully saturated rings. The van der Waals surface area contributed by atoms with Crippen LogP contribution in [0.1, 0.15) is 25.7 Å². The molecule has 0 radical (unpaired) electrons. The molecule has 1 saturated carbocycles. The minimum absolute atomic E-state index is 0.308. The van der Waals surface area contributed by atoms with Gasteiger partial charge in [-0.25, -0.2) is 4.39 Å². The Morgan fingerprint density at radius 1 is 0.960 bits per heavy atom. The first kappa shape index (κ1) is 16.3. The van der Waals surface area contributed by atoms with Gasteiger partial charge >= 0.3 is 0 Å². The van der Waals surface area contributed by atoms with E-state index >= 15 is 0 Å². The molecule has 2 aliphatic rings. The average Bonchev–Trinajstić information content (AvgIpc) is 2.80. The summed E-state index contributed by atoms with van der Waals surface area (Å²) in [4.78, 5) is 9.60. The summed E-state index contributed by atoms with van der Waals surface area (Å²) in [6, 6.07) is 12.7. The fraction of sp³-hybridized carbons (Fsp3) is 0.450. The number of benzene rings is 1. The lowest BCUT2D eigenvalue weighted by Gasteiger charge is -2.36. The van der Waals surface area contributed by atoms with E-state index in [9.17, 15) is 4.39 Å². The fourth-order valence-electron chi connectivity index (χ4n) is 3.57. The lowest BCUT2D eigenvalue weighted by Crippen LogP contribution is -2.42. The van der Waals surface area contributed by atoms with Crippen molar-refractivity contribution in [3.63, 3.8) is 0 Å². The molecule has 2 heterocycles. The third kappa shape index (κ3) is 3.93. The zero-order chi connectivity index (χ0) is 17.1. The Hall–Kier alpha value is -2.14. The van der Waals surface area contributed by atoms with E-state index in [1.165, 1.54) is 37.9 Å². The van der Waals surface area contributed by atoms with Crippen molar-refractivity contribution >= 4 is 5.82 Å². The highest BCUT2D eigenvalue weighted by molar-refractivity contribution is 5.42. The number of anilines is 1. The molecule has 0 amide bonds. The van der Waals surface area contributed by atoms with Crippen LogP contribution in [0.25, 0.3) is 0 Å². The molecule has 0 spiro atoms. The minimum atomic E-state index is -0.308. The standard InChI is InChI=1S/C20H24FN3O/c21-16-5-1-8-18(15-16)25-20-10-3-9-19(22-20)24-12-4-11-23(13-14-24)17-6-2-7-17/h1,3,5,8-10,15,17H,2,4,6-7,11-14H2. The predicted molar refractivity (Wildman–Crippen MR) is 96.8 cm³/mol. The summed E-state index contributed by atoms with van der Waals surface area (Å²) in [5, 5.41) is 0.